The van der Waals surface area contributed by atoms with Crippen LogP contribution in [0.3, 0.4) is 0 Å². The Labute approximate surface area is 220 Å². The number of hydrogen-bond acceptors (Lipinski definition) is 3. The molecule has 2 aromatic carbocycles. The van der Waals surface area contributed by atoms with E-state index in [0.29, 0.717) is 0 Å². The van der Waals surface area contributed by atoms with Crippen LogP contribution in [0.5, 0.6) is 0 Å². The van der Waals surface area contributed by atoms with E-state index in [1.54, 1.807) is 0 Å². The smallest absolute Gasteiger partial charge is 0.262 e. The van der Waals surface area contributed by atoms with Gasteiger partial charge in [0.2, 0.25) is 5.52 Å². The first-order valence-corrected chi connectivity index (χ1v) is 14.8. The summed E-state index contributed by atoms with van der Waals surface area (Å²) in [7, 11) is 0. The van der Waals surface area contributed by atoms with E-state index in [4.69, 9.17) is 11.6 Å². The zero-order valence-corrected chi connectivity index (χ0v) is 22.1. The average molecular weight is 516 g/mol. The number of benzene rings is 2. The Hall–Kier alpha value is -2.27. The molecule has 0 saturated carbocycles. The molecule has 0 saturated heterocycles. The van der Waals surface area contributed by atoms with Crippen LogP contribution < -0.4 is 9.47 Å². The number of nitrogens with zero attached hydrogens (tertiary/aromatic N) is 2. The van der Waals surface area contributed by atoms with E-state index in [1.165, 1.54) is 78.8 Å². The predicted octanol–water partition coefficient (Wildman–Crippen LogP) is 8.15. The highest BCUT2D eigenvalue weighted by Crippen LogP contribution is 2.50. The van der Waals surface area contributed by atoms with Gasteiger partial charge in [0.15, 0.2) is 6.54 Å². The third-order valence-corrected chi connectivity index (χ3v) is 10.3. The van der Waals surface area contributed by atoms with Crippen LogP contribution in [-0.2, 0) is 19.4 Å². The minimum atomic E-state index is 0.949. The van der Waals surface area contributed by atoms with Gasteiger partial charge in [-0.1, -0.05) is 71.1 Å². The molecule has 0 amide bonds. The third kappa shape index (κ3) is 3.82. The lowest BCUT2D eigenvalue weighted by molar-refractivity contribution is -0.671. The van der Waals surface area contributed by atoms with Gasteiger partial charge in [0.1, 0.15) is 4.70 Å². The summed E-state index contributed by atoms with van der Waals surface area (Å²) in [5.41, 5.74) is 8.40. The molecule has 0 bridgehead atoms. The van der Waals surface area contributed by atoms with Gasteiger partial charge >= 0.3 is 0 Å². The molecular weight excluding hydrogens is 488 g/mol. The van der Waals surface area contributed by atoms with Crippen molar-refractivity contribution in [2.45, 2.75) is 56.4 Å². The predicted molar refractivity (Wildman–Crippen MR) is 150 cm³/mol. The maximum Gasteiger partial charge on any atom is 0.262 e. The molecule has 3 aliphatic heterocycles. The van der Waals surface area contributed by atoms with Crippen molar-refractivity contribution in [3.63, 3.8) is 0 Å². The van der Waals surface area contributed by atoms with Crippen LogP contribution in [0.1, 0.15) is 48.2 Å². The normalized spacial score (nSPS) is 21.7. The minimum absolute atomic E-state index is 0.949. The fraction of sp³-hybridized carbons (Fsp3) is 0.300. The van der Waals surface area contributed by atoms with Crippen LogP contribution in [0, 0.1) is 0 Å². The number of aromatic nitrogens is 1. The largest absolute Gasteiger partial charge is 0.335 e. The quantitative estimate of drug-likeness (QED) is 0.325. The fourth-order valence-electron chi connectivity index (χ4n) is 5.97. The molecule has 5 heteroatoms. The van der Waals surface area contributed by atoms with E-state index < -0.39 is 0 Å². The first-order chi connectivity index (χ1) is 17.3. The minimum Gasteiger partial charge on any atom is -0.335 e. The molecule has 0 N–H and O–H groups in total. The standard InChI is InChI=1S/C30H28ClN2S2/c31-28-20(14-16-26-32-18-4-10-22-8-2-12-24(34-26)29(22)32)6-1-7-21(28)15-17-27-33-19-5-11-23-9-3-13-25(35-27)30(23)33/h2-3,8-9,12-17H,1,4-7,10-11,18-19H2/q+1. The Morgan fingerprint density at radius 1 is 0.886 bits per heavy atom. The lowest BCUT2D eigenvalue weighted by Crippen LogP contribution is -2.38. The summed E-state index contributed by atoms with van der Waals surface area (Å²) >= 11 is 10.8. The van der Waals surface area contributed by atoms with Gasteiger partial charge < -0.3 is 4.90 Å². The van der Waals surface area contributed by atoms with Gasteiger partial charge in [-0.05, 0) is 73.4 Å². The monoisotopic (exact) mass is 515 g/mol. The molecule has 0 fully saturated rings. The van der Waals surface area contributed by atoms with Crippen molar-refractivity contribution >= 4 is 56.7 Å². The summed E-state index contributed by atoms with van der Waals surface area (Å²) in [6, 6.07) is 13.5. The van der Waals surface area contributed by atoms with E-state index in [1.807, 2.05) is 23.1 Å². The number of anilines is 1. The Bertz CT molecular complexity index is 1470. The second kappa shape index (κ2) is 8.99. The Morgan fingerprint density at radius 3 is 2.74 bits per heavy atom. The summed E-state index contributed by atoms with van der Waals surface area (Å²) in [5.74, 6) is 0. The van der Waals surface area contributed by atoms with Crippen molar-refractivity contribution in [3.8, 4) is 0 Å². The SMILES string of the molecule is ClC1=C(/C=C/c2sc3cccc4c3[n+]2CCC4)CCC/C1=C\C=C1/Sc2cccc3c2N1CCC3. The van der Waals surface area contributed by atoms with Gasteiger partial charge in [-0.25, -0.2) is 0 Å². The van der Waals surface area contributed by atoms with E-state index in [0.717, 1.165) is 37.4 Å². The first-order valence-electron chi connectivity index (χ1n) is 12.8. The summed E-state index contributed by atoms with van der Waals surface area (Å²) in [6.45, 7) is 2.22. The number of para-hydroxylation sites is 2. The lowest BCUT2D eigenvalue weighted by Gasteiger charge is -2.27. The highest BCUT2D eigenvalue weighted by Gasteiger charge is 2.30. The van der Waals surface area contributed by atoms with E-state index >= 15 is 0 Å². The number of hydrogen-bond donors (Lipinski definition) is 0. The van der Waals surface area contributed by atoms with Gasteiger partial charge in [0.05, 0.1) is 10.7 Å². The highest BCUT2D eigenvalue weighted by molar-refractivity contribution is 8.03. The van der Waals surface area contributed by atoms with Crippen LogP contribution in [0.2, 0.25) is 0 Å². The number of halogens is 1. The molecule has 0 radical (unpaired) electrons. The summed E-state index contributed by atoms with van der Waals surface area (Å²) < 4.78 is 3.91. The van der Waals surface area contributed by atoms with Crippen molar-refractivity contribution in [1.82, 2.24) is 0 Å². The van der Waals surface area contributed by atoms with Gasteiger partial charge in [0.25, 0.3) is 5.01 Å². The van der Waals surface area contributed by atoms with Gasteiger partial charge in [-0.3, -0.25) is 0 Å². The molecule has 35 heavy (non-hydrogen) atoms. The van der Waals surface area contributed by atoms with Crippen LogP contribution in [0.25, 0.3) is 16.3 Å². The maximum absolute atomic E-state index is 6.99. The van der Waals surface area contributed by atoms with Crippen LogP contribution in [0.15, 0.2) is 80.7 Å². The Morgan fingerprint density at radius 2 is 1.77 bits per heavy atom. The fourth-order valence-corrected chi connectivity index (χ4v) is 8.56. The van der Waals surface area contributed by atoms with E-state index in [9.17, 15) is 0 Å². The first kappa shape index (κ1) is 22.0. The van der Waals surface area contributed by atoms with Crippen molar-refractivity contribution in [3.05, 3.63) is 92.0 Å². The molecular formula is C30H28ClN2S2+. The topological polar surface area (TPSA) is 7.12 Å². The molecule has 3 aromatic rings. The molecule has 4 heterocycles. The number of thiazole rings is 1. The van der Waals surface area contributed by atoms with Crippen LogP contribution in [0.4, 0.5) is 5.69 Å². The van der Waals surface area contributed by atoms with E-state index in [2.05, 4.69) is 70.2 Å². The lowest BCUT2D eigenvalue weighted by atomic mass is 9.94. The van der Waals surface area contributed by atoms with Crippen molar-refractivity contribution < 1.29 is 4.57 Å². The van der Waals surface area contributed by atoms with Crippen LogP contribution in [-0.4, -0.2) is 6.54 Å². The van der Waals surface area contributed by atoms with Crippen molar-refractivity contribution in [2.24, 2.45) is 0 Å². The molecule has 2 nitrogen and oxygen atoms in total. The molecule has 0 atom stereocenters. The molecule has 1 aromatic heterocycles. The highest BCUT2D eigenvalue weighted by atomic mass is 35.5. The Kier molecular flexibility index (Phi) is 5.64. The van der Waals surface area contributed by atoms with Gasteiger partial charge in [0, 0.05) is 34.5 Å². The van der Waals surface area contributed by atoms with Crippen LogP contribution >= 0.6 is 34.7 Å². The molecule has 4 aliphatic rings. The Balaban J connectivity index is 1.18. The van der Waals surface area contributed by atoms with Gasteiger partial charge in [-0.15, -0.1) is 0 Å². The summed E-state index contributed by atoms with van der Waals surface area (Å²) in [5, 5.41) is 3.62. The number of thioether (sulfide) groups is 1. The second-order valence-corrected chi connectivity index (χ2v) is 12.3. The molecule has 0 spiro atoms. The summed E-state index contributed by atoms with van der Waals surface area (Å²) in [4.78, 5) is 3.91. The van der Waals surface area contributed by atoms with Gasteiger partial charge in [-0.2, -0.15) is 4.57 Å². The number of aryl methyl sites for hydroxylation is 3. The molecule has 7 rings (SSSR count). The maximum atomic E-state index is 6.99. The second-order valence-electron chi connectivity index (χ2n) is 9.80. The average Bonchev–Trinajstić information content (AvgIpc) is 3.44. The number of rotatable bonds is 3. The third-order valence-electron chi connectivity index (χ3n) is 7.63. The number of allylic oxidation sites excluding steroid dienone is 6. The summed E-state index contributed by atoms with van der Waals surface area (Å²) in [6.07, 6.45) is 17.3. The molecule has 1 aliphatic carbocycles. The zero-order chi connectivity index (χ0) is 23.4. The molecule has 176 valence electrons. The van der Waals surface area contributed by atoms with Crippen molar-refractivity contribution in [1.29, 1.82) is 0 Å². The van der Waals surface area contributed by atoms with Crippen molar-refractivity contribution in [2.75, 3.05) is 11.4 Å². The van der Waals surface area contributed by atoms with E-state index in [-0.39, 0.29) is 0 Å². The zero-order valence-electron chi connectivity index (χ0n) is 19.7. The molecule has 0 unspecified atom stereocenters.